The molecule has 156 valence electrons. The quantitative estimate of drug-likeness (QED) is 0.634. The predicted molar refractivity (Wildman–Crippen MR) is 110 cm³/mol. The number of hydrogen-bond acceptors (Lipinski definition) is 3. The smallest absolute Gasteiger partial charge is 0.123 e. The Kier molecular flexibility index (Phi) is 6.47. The highest BCUT2D eigenvalue weighted by Crippen LogP contribution is 2.19. The lowest BCUT2D eigenvalue weighted by molar-refractivity contribution is -0.0540. The van der Waals surface area contributed by atoms with Crippen molar-refractivity contribution in [3.8, 4) is 0 Å². The van der Waals surface area contributed by atoms with E-state index in [-0.39, 0.29) is 23.4 Å². The molecule has 1 N–H and O–H groups in total. The molecule has 1 aliphatic heterocycles. The molecule has 0 spiro atoms. The minimum atomic E-state index is -0.266. The van der Waals surface area contributed by atoms with Gasteiger partial charge in [0.25, 0.3) is 0 Å². The monoisotopic (exact) mass is 411 g/mol. The number of nitrogens with zero attached hydrogens (tertiary/aromatic N) is 2. The van der Waals surface area contributed by atoms with Crippen molar-refractivity contribution in [3.05, 3.63) is 107 Å². The van der Waals surface area contributed by atoms with Crippen molar-refractivity contribution in [2.45, 2.75) is 19.5 Å². The first-order valence-corrected chi connectivity index (χ1v) is 10.0. The van der Waals surface area contributed by atoms with Crippen molar-refractivity contribution in [1.29, 1.82) is 0 Å². The lowest BCUT2D eigenvalue weighted by Gasteiger charge is -2.41. The van der Waals surface area contributed by atoms with Crippen LogP contribution in [0.4, 0.5) is 13.2 Å². The van der Waals surface area contributed by atoms with Gasteiger partial charge in [0, 0.05) is 26.2 Å². The third-order valence-corrected chi connectivity index (χ3v) is 5.18. The number of benzene rings is 3. The second kappa shape index (κ2) is 9.43. The molecular weight excluding hydrogens is 387 g/mol. The first kappa shape index (κ1) is 20.6. The van der Waals surface area contributed by atoms with Crippen LogP contribution in [-0.4, -0.2) is 23.1 Å². The van der Waals surface area contributed by atoms with Crippen LogP contribution >= 0.6 is 0 Å². The van der Waals surface area contributed by atoms with Crippen LogP contribution in [0.3, 0.4) is 0 Å². The van der Waals surface area contributed by atoms with Crippen molar-refractivity contribution in [2.75, 3.05) is 13.1 Å². The van der Waals surface area contributed by atoms with Crippen LogP contribution in [0.1, 0.15) is 16.7 Å². The Morgan fingerprint density at radius 2 is 1.10 bits per heavy atom. The molecule has 1 fully saturated rings. The van der Waals surface area contributed by atoms with Crippen LogP contribution in [0.25, 0.3) is 0 Å². The van der Waals surface area contributed by atoms with E-state index < -0.39 is 0 Å². The summed E-state index contributed by atoms with van der Waals surface area (Å²) < 4.78 is 40.8. The number of rotatable bonds is 6. The Morgan fingerprint density at radius 3 is 1.57 bits per heavy atom. The summed E-state index contributed by atoms with van der Waals surface area (Å²) in [6, 6.07) is 19.7. The average Bonchev–Trinajstić information content (AvgIpc) is 2.68. The highest BCUT2D eigenvalue weighted by atomic mass is 19.1. The maximum atomic E-state index is 13.6. The molecule has 0 unspecified atom stereocenters. The van der Waals surface area contributed by atoms with Crippen molar-refractivity contribution in [1.82, 2.24) is 15.6 Å². The van der Waals surface area contributed by atoms with Crippen LogP contribution < -0.4 is 5.53 Å². The largest absolute Gasteiger partial charge is 0.226 e. The Balaban J connectivity index is 1.50. The zero-order chi connectivity index (χ0) is 20.9. The Bertz CT molecular complexity index is 861. The van der Waals surface area contributed by atoms with E-state index in [0.717, 1.165) is 36.2 Å². The highest BCUT2D eigenvalue weighted by molar-refractivity contribution is 5.19. The van der Waals surface area contributed by atoms with Crippen LogP contribution in [0.5, 0.6) is 0 Å². The van der Waals surface area contributed by atoms with E-state index in [1.807, 2.05) is 28.2 Å². The first-order valence-electron chi connectivity index (χ1n) is 10.0. The molecule has 0 saturated carbocycles. The Hall–Kier alpha value is -2.67. The molecule has 0 aromatic heterocycles. The summed E-state index contributed by atoms with van der Waals surface area (Å²) >= 11 is 0. The van der Waals surface area contributed by atoms with Crippen LogP contribution in [0.15, 0.2) is 72.8 Å². The van der Waals surface area contributed by atoms with Gasteiger partial charge in [0.15, 0.2) is 0 Å². The fraction of sp³-hybridized carbons (Fsp3) is 0.250. The molecular formula is C24H24F3N3. The average molecular weight is 411 g/mol. The van der Waals surface area contributed by atoms with E-state index in [9.17, 15) is 13.2 Å². The van der Waals surface area contributed by atoms with Gasteiger partial charge >= 0.3 is 0 Å². The number of hydrogen-bond donors (Lipinski definition) is 1. The van der Waals surface area contributed by atoms with Crippen LogP contribution in [0.2, 0.25) is 0 Å². The van der Waals surface area contributed by atoms with Gasteiger partial charge in [-0.15, -0.1) is 0 Å². The van der Waals surface area contributed by atoms with E-state index >= 15 is 0 Å². The fourth-order valence-corrected chi connectivity index (χ4v) is 4.00. The van der Waals surface area contributed by atoms with E-state index in [1.54, 1.807) is 24.3 Å². The third-order valence-electron chi connectivity index (χ3n) is 5.18. The molecule has 0 amide bonds. The molecule has 0 aliphatic carbocycles. The Morgan fingerprint density at radius 1 is 0.667 bits per heavy atom. The standard InChI is InChI=1S/C24H24F3N3/c25-22-7-1-4-18(11-22)10-21-16-29(14-19-5-2-8-23(26)12-19)28-30(17-21)15-20-6-3-9-24(27)13-20/h1-9,11-13,21,28H,10,14-17H2. The zero-order valence-electron chi connectivity index (χ0n) is 16.6. The summed E-state index contributed by atoms with van der Waals surface area (Å²) in [5.74, 6) is -0.542. The molecule has 3 aromatic rings. The van der Waals surface area contributed by atoms with Gasteiger partial charge in [0.2, 0.25) is 0 Å². The molecule has 1 heterocycles. The molecule has 1 saturated heterocycles. The maximum Gasteiger partial charge on any atom is 0.123 e. The number of nitrogens with one attached hydrogen (secondary N) is 1. The van der Waals surface area contributed by atoms with Crippen molar-refractivity contribution in [3.63, 3.8) is 0 Å². The summed E-state index contributed by atoms with van der Waals surface area (Å²) in [7, 11) is 0. The van der Waals surface area contributed by atoms with Crippen molar-refractivity contribution < 1.29 is 13.2 Å². The topological polar surface area (TPSA) is 18.5 Å². The van der Waals surface area contributed by atoms with Gasteiger partial charge in [-0.2, -0.15) is 5.53 Å². The summed E-state index contributed by atoms with van der Waals surface area (Å²) in [4.78, 5) is 0. The van der Waals surface area contributed by atoms with Gasteiger partial charge in [-0.25, -0.2) is 23.2 Å². The van der Waals surface area contributed by atoms with Gasteiger partial charge < -0.3 is 0 Å². The Labute approximate surface area is 174 Å². The van der Waals surface area contributed by atoms with E-state index in [4.69, 9.17) is 0 Å². The highest BCUT2D eigenvalue weighted by Gasteiger charge is 2.26. The molecule has 30 heavy (non-hydrogen) atoms. The SMILES string of the molecule is Fc1cccc(CC2CN(Cc3cccc(F)c3)NN(Cc3cccc(F)c3)C2)c1. The number of hydrazine groups is 2. The van der Waals surface area contributed by atoms with E-state index in [2.05, 4.69) is 5.53 Å². The molecule has 6 heteroatoms. The molecule has 1 aliphatic rings. The van der Waals surface area contributed by atoms with E-state index in [1.165, 1.54) is 30.3 Å². The van der Waals surface area contributed by atoms with Crippen molar-refractivity contribution in [2.24, 2.45) is 5.92 Å². The van der Waals surface area contributed by atoms with Gasteiger partial charge in [-0.3, -0.25) is 0 Å². The number of halogens is 3. The van der Waals surface area contributed by atoms with Gasteiger partial charge in [0.1, 0.15) is 17.5 Å². The summed E-state index contributed by atoms with van der Waals surface area (Å²) in [5.41, 5.74) is 6.03. The second-order valence-corrected chi connectivity index (χ2v) is 7.82. The van der Waals surface area contributed by atoms with Crippen molar-refractivity contribution >= 4 is 0 Å². The predicted octanol–water partition coefficient (Wildman–Crippen LogP) is 4.70. The molecule has 0 atom stereocenters. The minimum absolute atomic E-state index is 0.232. The lowest BCUT2D eigenvalue weighted by Crippen LogP contribution is -2.58. The summed E-state index contributed by atoms with van der Waals surface area (Å²) in [6.45, 7) is 2.51. The zero-order valence-corrected chi connectivity index (χ0v) is 16.6. The second-order valence-electron chi connectivity index (χ2n) is 7.82. The van der Waals surface area contributed by atoms with Crippen LogP contribution in [0, 0.1) is 23.4 Å². The van der Waals surface area contributed by atoms with Gasteiger partial charge in [0.05, 0.1) is 0 Å². The summed E-state index contributed by atoms with van der Waals surface area (Å²) in [5, 5.41) is 4.06. The van der Waals surface area contributed by atoms with Gasteiger partial charge in [-0.1, -0.05) is 36.4 Å². The lowest BCUT2D eigenvalue weighted by atomic mass is 9.97. The third kappa shape index (κ3) is 5.69. The molecule has 4 rings (SSSR count). The molecule has 0 bridgehead atoms. The molecule has 3 nitrogen and oxygen atoms in total. The van der Waals surface area contributed by atoms with Crippen LogP contribution in [-0.2, 0) is 19.5 Å². The summed E-state index contributed by atoms with van der Waals surface area (Å²) in [6.07, 6.45) is 0.721. The maximum absolute atomic E-state index is 13.6. The fourth-order valence-electron chi connectivity index (χ4n) is 4.00. The first-order chi connectivity index (χ1) is 14.5. The minimum Gasteiger partial charge on any atom is -0.226 e. The molecule has 3 aromatic carbocycles. The molecule has 0 radical (unpaired) electrons. The van der Waals surface area contributed by atoms with E-state index in [0.29, 0.717) is 13.1 Å². The van der Waals surface area contributed by atoms with Gasteiger partial charge in [-0.05, 0) is 65.4 Å². The normalized spacial score (nSPS) is 16.1.